The highest BCUT2D eigenvalue weighted by atomic mass is 16.5. The van der Waals surface area contributed by atoms with E-state index in [9.17, 15) is 0 Å². The molecular formula is C16H23NO3. The van der Waals surface area contributed by atoms with Gasteiger partial charge in [-0.25, -0.2) is 4.98 Å². The van der Waals surface area contributed by atoms with E-state index in [0.29, 0.717) is 12.5 Å². The van der Waals surface area contributed by atoms with Crippen LogP contribution in [-0.2, 0) is 0 Å². The average molecular weight is 277 g/mol. The smallest absolute Gasteiger partial charge is 0.217 e. The van der Waals surface area contributed by atoms with Crippen LogP contribution in [0.3, 0.4) is 0 Å². The average Bonchev–Trinajstić information content (AvgIpc) is 2.50. The third-order valence-electron chi connectivity index (χ3n) is 2.86. The lowest BCUT2D eigenvalue weighted by molar-refractivity contribution is 0.324. The number of rotatable bonds is 4. The van der Waals surface area contributed by atoms with Crippen LogP contribution in [0.1, 0.15) is 26.3 Å². The van der Waals surface area contributed by atoms with Gasteiger partial charge in [0.05, 0.1) is 26.3 Å². The zero-order chi connectivity index (χ0) is 15.1. The number of hydrogen-bond donors (Lipinski definition) is 0. The number of benzene rings is 1. The first-order valence-electron chi connectivity index (χ1n) is 6.86. The van der Waals surface area contributed by atoms with Crippen molar-refractivity contribution in [1.29, 1.82) is 0 Å². The van der Waals surface area contributed by atoms with Crippen LogP contribution >= 0.6 is 0 Å². The fourth-order valence-electron chi connectivity index (χ4n) is 1.97. The molecule has 2 rings (SSSR count). The van der Waals surface area contributed by atoms with Crippen molar-refractivity contribution in [2.45, 2.75) is 27.7 Å². The second-order valence-corrected chi connectivity index (χ2v) is 3.88. The molecule has 1 aromatic heterocycles. The summed E-state index contributed by atoms with van der Waals surface area (Å²) in [6, 6.07) is 5.67. The SMILES string of the molecule is CC.CCOc1cc(OC)c2ccc(OC)c(C)c2n1. The van der Waals surface area contributed by atoms with Gasteiger partial charge in [0.15, 0.2) is 0 Å². The minimum Gasteiger partial charge on any atom is -0.496 e. The molecule has 0 fully saturated rings. The second kappa shape index (κ2) is 7.58. The van der Waals surface area contributed by atoms with E-state index >= 15 is 0 Å². The van der Waals surface area contributed by atoms with Gasteiger partial charge in [-0.05, 0) is 26.0 Å². The minimum absolute atomic E-state index is 0.568. The van der Waals surface area contributed by atoms with Gasteiger partial charge >= 0.3 is 0 Å². The van der Waals surface area contributed by atoms with E-state index in [1.807, 2.05) is 39.8 Å². The summed E-state index contributed by atoms with van der Waals surface area (Å²) in [6.07, 6.45) is 0. The summed E-state index contributed by atoms with van der Waals surface area (Å²) in [5.41, 5.74) is 1.83. The predicted octanol–water partition coefficient (Wildman–Crippen LogP) is 3.99. The summed E-state index contributed by atoms with van der Waals surface area (Å²) in [5.74, 6) is 2.14. The summed E-state index contributed by atoms with van der Waals surface area (Å²) >= 11 is 0. The summed E-state index contributed by atoms with van der Waals surface area (Å²) < 4.78 is 16.1. The Balaban J connectivity index is 0.000000956. The van der Waals surface area contributed by atoms with Crippen LogP contribution in [0, 0.1) is 6.92 Å². The van der Waals surface area contributed by atoms with Crippen LogP contribution in [0.25, 0.3) is 10.9 Å². The molecule has 0 atom stereocenters. The molecule has 0 amide bonds. The van der Waals surface area contributed by atoms with Crippen molar-refractivity contribution in [3.8, 4) is 17.4 Å². The van der Waals surface area contributed by atoms with Gasteiger partial charge in [-0.1, -0.05) is 13.8 Å². The van der Waals surface area contributed by atoms with Gasteiger partial charge in [0.2, 0.25) is 5.88 Å². The molecule has 110 valence electrons. The van der Waals surface area contributed by atoms with Gasteiger partial charge in [0.1, 0.15) is 11.5 Å². The lowest BCUT2D eigenvalue weighted by Gasteiger charge is -2.12. The molecule has 0 bridgehead atoms. The molecule has 4 nitrogen and oxygen atoms in total. The highest BCUT2D eigenvalue weighted by Crippen LogP contribution is 2.33. The fraction of sp³-hybridized carbons (Fsp3) is 0.438. The molecule has 2 aromatic rings. The first kappa shape index (κ1) is 16.1. The Morgan fingerprint density at radius 3 is 2.25 bits per heavy atom. The Kier molecular flexibility index (Phi) is 6.10. The van der Waals surface area contributed by atoms with Crippen LogP contribution in [0.4, 0.5) is 0 Å². The predicted molar refractivity (Wildman–Crippen MR) is 82.1 cm³/mol. The quantitative estimate of drug-likeness (QED) is 0.847. The molecule has 20 heavy (non-hydrogen) atoms. The first-order valence-corrected chi connectivity index (χ1v) is 6.86. The van der Waals surface area contributed by atoms with Crippen molar-refractivity contribution in [2.24, 2.45) is 0 Å². The van der Waals surface area contributed by atoms with E-state index < -0.39 is 0 Å². The Morgan fingerprint density at radius 1 is 1.05 bits per heavy atom. The van der Waals surface area contributed by atoms with E-state index in [2.05, 4.69) is 4.98 Å². The molecule has 0 aliphatic rings. The van der Waals surface area contributed by atoms with E-state index in [1.165, 1.54) is 0 Å². The van der Waals surface area contributed by atoms with Gasteiger partial charge in [0, 0.05) is 17.0 Å². The molecule has 1 aromatic carbocycles. The Bertz CT molecular complexity index is 567. The number of aromatic nitrogens is 1. The van der Waals surface area contributed by atoms with Crippen LogP contribution in [0.2, 0.25) is 0 Å². The number of ether oxygens (including phenoxy) is 3. The standard InChI is InChI=1S/C14H17NO3.C2H6/c1-5-18-13-8-12(17-4)10-6-7-11(16-3)9(2)14(10)15-13;1-2/h6-8H,5H2,1-4H3;1-2H3. The summed E-state index contributed by atoms with van der Waals surface area (Å²) in [4.78, 5) is 4.50. The molecule has 0 saturated carbocycles. The largest absolute Gasteiger partial charge is 0.496 e. The van der Waals surface area contributed by atoms with Crippen LogP contribution in [0.5, 0.6) is 17.4 Å². The van der Waals surface area contributed by atoms with Gasteiger partial charge in [-0.3, -0.25) is 0 Å². The van der Waals surface area contributed by atoms with Crippen LogP contribution < -0.4 is 14.2 Å². The van der Waals surface area contributed by atoms with Crippen LogP contribution in [0.15, 0.2) is 18.2 Å². The molecule has 4 heteroatoms. The van der Waals surface area contributed by atoms with Gasteiger partial charge < -0.3 is 14.2 Å². The monoisotopic (exact) mass is 277 g/mol. The maximum atomic E-state index is 5.45. The van der Waals surface area contributed by atoms with Gasteiger partial charge in [-0.15, -0.1) is 0 Å². The second-order valence-electron chi connectivity index (χ2n) is 3.88. The molecule has 1 heterocycles. The minimum atomic E-state index is 0.568. The van der Waals surface area contributed by atoms with E-state index in [1.54, 1.807) is 20.3 Å². The summed E-state index contributed by atoms with van der Waals surface area (Å²) in [6.45, 7) is 8.48. The number of fused-ring (bicyclic) bond motifs is 1. The molecular weight excluding hydrogens is 254 g/mol. The number of aryl methyl sites for hydroxylation is 1. The maximum absolute atomic E-state index is 5.45. The number of hydrogen-bond acceptors (Lipinski definition) is 4. The normalized spacial score (nSPS) is 9.70. The third-order valence-corrected chi connectivity index (χ3v) is 2.86. The molecule has 0 N–H and O–H groups in total. The van der Waals surface area contributed by atoms with E-state index in [0.717, 1.165) is 28.0 Å². The van der Waals surface area contributed by atoms with E-state index in [-0.39, 0.29) is 0 Å². The van der Waals surface area contributed by atoms with Crippen molar-refractivity contribution in [3.63, 3.8) is 0 Å². The number of pyridine rings is 1. The maximum Gasteiger partial charge on any atom is 0.217 e. The van der Waals surface area contributed by atoms with Crippen molar-refractivity contribution >= 4 is 10.9 Å². The number of methoxy groups -OCH3 is 2. The molecule has 0 spiro atoms. The molecule has 0 radical (unpaired) electrons. The van der Waals surface area contributed by atoms with Crippen molar-refractivity contribution < 1.29 is 14.2 Å². The molecule has 0 saturated heterocycles. The highest BCUT2D eigenvalue weighted by molar-refractivity contribution is 5.89. The molecule has 0 aliphatic carbocycles. The summed E-state index contributed by atoms with van der Waals surface area (Å²) in [5, 5.41) is 0.958. The fourth-order valence-corrected chi connectivity index (χ4v) is 1.97. The van der Waals surface area contributed by atoms with Gasteiger partial charge in [-0.2, -0.15) is 0 Å². The molecule has 0 aliphatic heterocycles. The zero-order valence-corrected chi connectivity index (χ0v) is 13.1. The van der Waals surface area contributed by atoms with Gasteiger partial charge in [0.25, 0.3) is 0 Å². The lowest BCUT2D eigenvalue weighted by atomic mass is 10.1. The Labute approximate surface area is 120 Å². The topological polar surface area (TPSA) is 40.6 Å². The first-order chi connectivity index (χ1) is 9.71. The van der Waals surface area contributed by atoms with E-state index in [4.69, 9.17) is 14.2 Å². The Morgan fingerprint density at radius 2 is 1.70 bits per heavy atom. The van der Waals surface area contributed by atoms with Crippen molar-refractivity contribution in [1.82, 2.24) is 4.98 Å². The Hall–Kier alpha value is -1.97. The molecule has 0 unspecified atom stereocenters. The lowest BCUT2D eigenvalue weighted by Crippen LogP contribution is -1.98. The summed E-state index contributed by atoms with van der Waals surface area (Å²) in [7, 11) is 3.29. The van der Waals surface area contributed by atoms with Crippen molar-refractivity contribution in [2.75, 3.05) is 20.8 Å². The highest BCUT2D eigenvalue weighted by Gasteiger charge is 2.11. The zero-order valence-electron chi connectivity index (χ0n) is 13.1. The van der Waals surface area contributed by atoms with Crippen molar-refractivity contribution in [3.05, 3.63) is 23.8 Å². The van der Waals surface area contributed by atoms with Crippen LogP contribution in [-0.4, -0.2) is 25.8 Å². The third kappa shape index (κ3) is 3.13. The number of nitrogens with zero attached hydrogens (tertiary/aromatic N) is 1.